The summed E-state index contributed by atoms with van der Waals surface area (Å²) in [5, 5.41) is 0. The summed E-state index contributed by atoms with van der Waals surface area (Å²) >= 11 is 0. The molecule has 2 atom stereocenters. The number of nitrogens with zero attached hydrogens (tertiary/aromatic N) is 1. The normalized spacial score (nSPS) is 23.0. The highest BCUT2D eigenvalue weighted by atomic mass is 16.5. The predicted molar refractivity (Wildman–Crippen MR) is 86.0 cm³/mol. The highest BCUT2D eigenvalue weighted by Crippen LogP contribution is 2.22. The number of para-hydroxylation sites is 1. The SMILES string of the molecule is CC1CCCC(C)N1CCCCOc1ccccc1C=O. The van der Waals surface area contributed by atoms with Gasteiger partial charge in [-0.05, 0) is 58.2 Å². The van der Waals surface area contributed by atoms with Crippen LogP contribution in [0.3, 0.4) is 0 Å². The number of ether oxygens (including phenoxy) is 1. The number of hydrogen-bond acceptors (Lipinski definition) is 3. The van der Waals surface area contributed by atoms with Crippen LogP contribution in [0.5, 0.6) is 5.75 Å². The molecule has 2 rings (SSSR count). The lowest BCUT2D eigenvalue weighted by Gasteiger charge is -2.39. The van der Waals surface area contributed by atoms with Gasteiger partial charge in [0.1, 0.15) is 5.75 Å². The van der Waals surface area contributed by atoms with Crippen LogP contribution in [-0.4, -0.2) is 36.4 Å². The Bertz CT molecular complexity index is 437. The summed E-state index contributed by atoms with van der Waals surface area (Å²) in [6, 6.07) is 8.84. The number of likely N-dealkylation sites (tertiary alicyclic amines) is 1. The maximum absolute atomic E-state index is 10.9. The van der Waals surface area contributed by atoms with E-state index in [1.54, 1.807) is 6.07 Å². The third-order valence-electron chi connectivity index (χ3n) is 4.49. The Balaban J connectivity index is 1.69. The van der Waals surface area contributed by atoms with Crippen LogP contribution in [0.1, 0.15) is 56.3 Å². The van der Waals surface area contributed by atoms with Crippen LogP contribution in [0.15, 0.2) is 24.3 Å². The lowest BCUT2D eigenvalue weighted by Crippen LogP contribution is -2.44. The van der Waals surface area contributed by atoms with E-state index in [4.69, 9.17) is 4.74 Å². The average Bonchev–Trinajstić information content (AvgIpc) is 2.50. The van der Waals surface area contributed by atoms with E-state index in [1.807, 2.05) is 18.2 Å². The van der Waals surface area contributed by atoms with Gasteiger partial charge in [-0.25, -0.2) is 0 Å². The largest absolute Gasteiger partial charge is 0.493 e. The van der Waals surface area contributed by atoms with E-state index in [0.29, 0.717) is 30.0 Å². The molecule has 0 aliphatic carbocycles. The minimum atomic E-state index is 0.635. The second kappa shape index (κ2) is 8.18. The van der Waals surface area contributed by atoms with Crippen LogP contribution in [0, 0.1) is 0 Å². The molecular weight excluding hydrogens is 262 g/mol. The minimum Gasteiger partial charge on any atom is -0.493 e. The fourth-order valence-corrected chi connectivity index (χ4v) is 3.20. The molecule has 3 heteroatoms. The van der Waals surface area contributed by atoms with Crippen LogP contribution < -0.4 is 4.74 Å². The number of hydrogen-bond donors (Lipinski definition) is 0. The van der Waals surface area contributed by atoms with Crippen molar-refractivity contribution in [3.8, 4) is 5.75 Å². The second-order valence-electron chi connectivity index (χ2n) is 6.08. The number of aldehydes is 1. The third-order valence-corrected chi connectivity index (χ3v) is 4.49. The molecule has 1 heterocycles. The van der Waals surface area contributed by atoms with E-state index in [0.717, 1.165) is 25.7 Å². The number of carbonyl (C=O) groups is 1. The van der Waals surface area contributed by atoms with Crippen LogP contribution in [-0.2, 0) is 0 Å². The van der Waals surface area contributed by atoms with Gasteiger partial charge in [-0.3, -0.25) is 9.69 Å². The van der Waals surface area contributed by atoms with Crippen molar-refractivity contribution in [1.29, 1.82) is 0 Å². The summed E-state index contributed by atoms with van der Waals surface area (Å²) in [4.78, 5) is 13.5. The molecule has 0 aromatic heterocycles. The van der Waals surface area contributed by atoms with Gasteiger partial charge in [0.05, 0.1) is 12.2 Å². The van der Waals surface area contributed by atoms with Crippen molar-refractivity contribution in [2.45, 2.75) is 58.0 Å². The van der Waals surface area contributed by atoms with Gasteiger partial charge in [0.2, 0.25) is 0 Å². The van der Waals surface area contributed by atoms with Gasteiger partial charge in [0, 0.05) is 12.1 Å². The topological polar surface area (TPSA) is 29.5 Å². The number of unbranched alkanes of at least 4 members (excludes halogenated alkanes) is 1. The molecule has 0 radical (unpaired) electrons. The van der Waals surface area contributed by atoms with Crippen LogP contribution in [0.2, 0.25) is 0 Å². The summed E-state index contributed by atoms with van der Waals surface area (Å²) in [6.45, 7) is 6.52. The number of benzene rings is 1. The molecule has 3 nitrogen and oxygen atoms in total. The predicted octanol–water partition coefficient (Wildman–Crippen LogP) is 3.92. The molecule has 1 aliphatic rings. The zero-order chi connectivity index (χ0) is 15.1. The highest BCUT2D eigenvalue weighted by Gasteiger charge is 2.23. The molecule has 21 heavy (non-hydrogen) atoms. The second-order valence-corrected chi connectivity index (χ2v) is 6.08. The van der Waals surface area contributed by atoms with Crippen molar-refractivity contribution in [3.05, 3.63) is 29.8 Å². The van der Waals surface area contributed by atoms with E-state index in [-0.39, 0.29) is 0 Å². The molecular formula is C18H27NO2. The van der Waals surface area contributed by atoms with Gasteiger partial charge < -0.3 is 4.74 Å². The van der Waals surface area contributed by atoms with E-state index in [2.05, 4.69) is 18.7 Å². The Labute approximate surface area is 128 Å². The number of piperidine rings is 1. The molecule has 0 amide bonds. The van der Waals surface area contributed by atoms with Gasteiger partial charge >= 0.3 is 0 Å². The van der Waals surface area contributed by atoms with Crippen LogP contribution in [0.4, 0.5) is 0 Å². The first-order chi connectivity index (χ1) is 10.2. The number of rotatable bonds is 7. The van der Waals surface area contributed by atoms with Crippen LogP contribution >= 0.6 is 0 Å². The zero-order valence-corrected chi connectivity index (χ0v) is 13.3. The molecule has 1 fully saturated rings. The maximum atomic E-state index is 10.9. The monoisotopic (exact) mass is 289 g/mol. The van der Waals surface area contributed by atoms with Gasteiger partial charge in [-0.2, -0.15) is 0 Å². The molecule has 1 aliphatic heterocycles. The highest BCUT2D eigenvalue weighted by molar-refractivity contribution is 5.79. The minimum absolute atomic E-state index is 0.635. The molecule has 1 aromatic carbocycles. The summed E-state index contributed by atoms with van der Waals surface area (Å²) in [7, 11) is 0. The molecule has 2 unspecified atom stereocenters. The van der Waals surface area contributed by atoms with Crippen molar-refractivity contribution in [2.24, 2.45) is 0 Å². The molecule has 1 aromatic rings. The fraction of sp³-hybridized carbons (Fsp3) is 0.611. The van der Waals surface area contributed by atoms with Crippen molar-refractivity contribution >= 4 is 6.29 Å². The smallest absolute Gasteiger partial charge is 0.153 e. The van der Waals surface area contributed by atoms with Crippen molar-refractivity contribution in [2.75, 3.05) is 13.2 Å². The molecule has 0 bridgehead atoms. The summed E-state index contributed by atoms with van der Waals surface area (Å²) in [5.74, 6) is 0.701. The van der Waals surface area contributed by atoms with E-state index < -0.39 is 0 Å². The quantitative estimate of drug-likeness (QED) is 0.563. The first-order valence-corrected chi connectivity index (χ1v) is 8.15. The lowest BCUT2D eigenvalue weighted by molar-refractivity contribution is 0.0995. The Kier molecular flexibility index (Phi) is 6.24. The molecule has 0 saturated carbocycles. The van der Waals surface area contributed by atoms with Gasteiger partial charge in [-0.1, -0.05) is 18.6 Å². The lowest BCUT2D eigenvalue weighted by atomic mass is 9.97. The standard InChI is InChI=1S/C18H27NO2/c1-15-8-7-9-16(2)19(15)12-5-6-13-21-18-11-4-3-10-17(18)14-20/h3-4,10-11,14-16H,5-9,12-13H2,1-2H3. The molecule has 0 spiro atoms. The van der Waals surface area contributed by atoms with Gasteiger partial charge in [0.15, 0.2) is 6.29 Å². The fourth-order valence-electron chi connectivity index (χ4n) is 3.20. The Morgan fingerprint density at radius 2 is 1.90 bits per heavy atom. The van der Waals surface area contributed by atoms with Gasteiger partial charge in [0.25, 0.3) is 0 Å². The summed E-state index contributed by atoms with van der Waals surface area (Å²) in [6.07, 6.45) is 7.05. The summed E-state index contributed by atoms with van der Waals surface area (Å²) in [5.41, 5.74) is 0.635. The van der Waals surface area contributed by atoms with Crippen LogP contribution in [0.25, 0.3) is 0 Å². The zero-order valence-electron chi connectivity index (χ0n) is 13.3. The summed E-state index contributed by atoms with van der Waals surface area (Å²) < 4.78 is 5.72. The van der Waals surface area contributed by atoms with Crippen molar-refractivity contribution in [3.63, 3.8) is 0 Å². The average molecular weight is 289 g/mol. The molecule has 116 valence electrons. The number of carbonyl (C=O) groups excluding carboxylic acids is 1. The van der Waals surface area contributed by atoms with E-state index >= 15 is 0 Å². The Morgan fingerprint density at radius 1 is 1.19 bits per heavy atom. The van der Waals surface area contributed by atoms with Crippen molar-refractivity contribution < 1.29 is 9.53 Å². The first-order valence-electron chi connectivity index (χ1n) is 8.15. The van der Waals surface area contributed by atoms with E-state index in [1.165, 1.54) is 19.3 Å². The third kappa shape index (κ3) is 4.57. The maximum Gasteiger partial charge on any atom is 0.153 e. The first kappa shape index (κ1) is 16.0. The molecule has 1 saturated heterocycles. The Morgan fingerprint density at radius 3 is 2.62 bits per heavy atom. The Hall–Kier alpha value is -1.35. The van der Waals surface area contributed by atoms with Crippen molar-refractivity contribution in [1.82, 2.24) is 4.90 Å². The van der Waals surface area contributed by atoms with E-state index in [9.17, 15) is 4.79 Å². The molecule has 0 N–H and O–H groups in total. The van der Waals surface area contributed by atoms with Gasteiger partial charge in [-0.15, -0.1) is 0 Å².